The summed E-state index contributed by atoms with van der Waals surface area (Å²) in [7, 11) is 1.76. The largest absolute Gasteiger partial charge is 0.376 e. The third-order valence-electron chi connectivity index (χ3n) is 5.91. The fourth-order valence-electron chi connectivity index (χ4n) is 4.51. The molecular formula is C21H15FN8O2. The molecule has 0 radical (unpaired) electrons. The predicted molar refractivity (Wildman–Crippen MR) is 114 cm³/mol. The van der Waals surface area contributed by atoms with Crippen LogP contribution >= 0.6 is 0 Å². The lowest BCUT2D eigenvalue weighted by molar-refractivity contribution is 0.564. The zero-order valence-electron chi connectivity index (χ0n) is 16.6. The number of fused-ring (bicyclic) bond motifs is 2. The van der Waals surface area contributed by atoms with Crippen LogP contribution in [0.1, 0.15) is 29.0 Å². The number of halogens is 1. The van der Waals surface area contributed by atoms with Crippen LogP contribution in [0.15, 0.2) is 52.4 Å². The molecule has 6 rings (SSSR count). The van der Waals surface area contributed by atoms with Crippen LogP contribution in [-0.4, -0.2) is 35.2 Å². The first kappa shape index (κ1) is 18.4. The molecule has 3 aromatic heterocycles. The van der Waals surface area contributed by atoms with Crippen molar-refractivity contribution in [3.8, 4) is 0 Å². The molecule has 2 atom stereocenters. The minimum Gasteiger partial charge on any atom is -0.376 e. The molecule has 0 saturated carbocycles. The summed E-state index contributed by atoms with van der Waals surface area (Å²) in [6, 6.07) is 7.24. The van der Waals surface area contributed by atoms with E-state index < -0.39 is 17.5 Å². The first-order chi connectivity index (χ1) is 15.5. The van der Waals surface area contributed by atoms with E-state index in [9.17, 15) is 14.0 Å². The standard InChI is InChI=1S/C21H15FN8O2/c1-30-19(23-8-25-30)15-16(9-2-4-11(22)5-3-9)26-17-13-10(7-24-28-21(13)32)6-12-14(17)18(15)27-29-20(12)31/h2-8,15-16,26H,1H3,(H,28,32)(H,29,31)/t15-,16-/m0/s1. The molecule has 0 unspecified atom stereocenters. The fraction of sp³-hybridized carbons (Fsp3) is 0.143. The van der Waals surface area contributed by atoms with E-state index in [-0.39, 0.29) is 11.4 Å². The van der Waals surface area contributed by atoms with E-state index in [1.165, 1.54) is 24.7 Å². The summed E-state index contributed by atoms with van der Waals surface area (Å²) < 4.78 is 15.3. The van der Waals surface area contributed by atoms with E-state index in [4.69, 9.17) is 0 Å². The van der Waals surface area contributed by atoms with Crippen LogP contribution in [0.4, 0.5) is 10.1 Å². The van der Waals surface area contributed by atoms with Gasteiger partial charge in [0.25, 0.3) is 11.1 Å². The first-order valence-electron chi connectivity index (χ1n) is 9.81. The van der Waals surface area contributed by atoms with E-state index in [1.807, 2.05) is 0 Å². The van der Waals surface area contributed by atoms with Gasteiger partial charge in [0.1, 0.15) is 18.0 Å². The first-order valence-corrected chi connectivity index (χ1v) is 9.81. The Balaban J connectivity index is 1.76. The molecule has 3 N–H and O–H groups in total. The van der Waals surface area contributed by atoms with E-state index >= 15 is 0 Å². The average molecular weight is 430 g/mol. The molecule has 1 aliphatic heterocycles. The molecular weight excluding hydrogens is 415 g/mol. The molecule has 5 aromatic rings. The Hall–Kier alpha value is -4.41. The second kappa shape index (κ2) is 6.54. The maximum absolute atomic E-state index is 13.7. The predicted octanol–water partition coefficient (Wildman–Crippen LogP) is 1.73. The lowest BCUT2D eigenvalue weighted by Crippen LogP contribution is -2.30. The third kappa shape index (κ3) is 2.51. The van der Waals surface area contributed by atoms with Crippen LogP contribution in [0, 0.1) is 5.82 Å². The van der Waals surface area contributed by atoms with Crippen LogP contribution in [0.3, 0.4) is 0 Å². The number of rotatable bonds is 2. The van der Waals surface area contributed by atoms with E-state index in [1.54, 1.807) is 29.9 Å². The molecule has 4 heterocycles. The summed E-state index contributed by atoms with van der Waals surface area (Å²) >= 11 is 0. The monoisotopic (exact) mass is 430 g/mol. The summed E-state index contributed by atoms with van der Waals surface area (Å²) in [6.45, 7) is 0. The molecule has 0 amide bonds. The van der Waals surface area contributed by atoms with Gasteiger partial charge in [0.05, 0.1) is 40.3 Å². The van der Waals surface area contributed by atoms with Crippen molar-refractivity contribution in [2.75, 3.05) is 5.32 Å². The minimum atomic E-state index is -0.474. The van der Waals surface area contributed by atoms with Crippen LogP contribution in [0.5, 0.6) is 0 Å². The molecule has 10 nitrogen and oxygen atoms in total. The van der Waals surface area contributed by atoms with Crippen molar-refractivity contribution in [2.45, 2.75) is 12.0 Å². The maximum atomic E-state index is 13.7. The molecule has 2 aromatic carbocycles. The highest BCUT2D eigenvalue weighted by atomic mass is 19.1. The Morgan fingerprint density at radius 3 is 2.62 bits per heavy atom. The third-order valence-corrected chi connectivity index (χ3v) is 5.91. The number of nitrogens with zero attached hydrogens (tertiary/aromatic N) is 5. The van der Waals surface area contributed by atoms with Gasteiger partial charge >= 0.3 is 0 Å². The van der Waals surface area contributed by atoms with Gasteiger partial charge in [-0.3, -0.25) is 14.3 Å². The Morgan fingerprint density at radius 1 is 1.06 bits per heavy atom. The number of anilines is 1. The van der Waals surface area contributed by atoms with Gasteiger partial charge in [0.15, 0.2) is 0 Å². The zero-order valence-corrected chi connectivity index (χ0v) is 16.6. The highest BCUT2D eigenvalue weighted by Crippen LogP contribution is 2.47. The quantitative estimate of drug-likeness (QED) is 0.363. The molecule has 0 aliphatic carbocycles. The number of nitrogens with one attached hydrogen (secondary N) is 3. The van der Waals surface area contributed by atoms with E-state index in [0.717, 1.165) is 5.56 Å². The lowest BCUT2D eigenvalue weighted by atomic mass is 9.83. The summed E-state index contributed by atoms with van der Waals surface area (Å²) in [5, 5.41) is 22.7. The van der Waals surface area contributed by atoms with Crippen LogP contribution in [0.25, 0.3) is 21.5 Å². The number of hydrogen-bond acceptors (Lipinski definition) is 7. The van der Waals surface area contributed by atoms with Gasteiger partial charge in [-0.05, 0) is 23.8 Å². The van der Waals surface area contributed by atoms with Gasteiger partial charge in [0.2, 0.25) is 0 Å². The Labute approximate surface area is 178 Å². The summed E-state index contributed by atoms with van der Waals surface area (Å²) in [5.74, 6) is -0.238. The van der Waals surface area contributed by atoms with Crippen LogP contribution < -0.4 is 16.4 Å². The van der Waals surface area contributed by atoms with Crippen molar-refractivity contribution < 1.29 is 4.39 Å². The Morgan fingerprint density at radius 2 is 1.88 bits per heavy atom. The van der Waals surface area contributed by atoms with Crippen molar-refractivity contribution in [1.29, 1.82) is 0 Å². The van der Waals surface area contributed by atoms with E-state index in [0.29, 0.717) is 38.8 Å². The highest BCUT2D eigenvalue weighted by Gasteiger charge is 2.38. The topological polar surface area (TPSA) is 134 Å². The van der Waals surface area contributed by atoms with E-state index in [2.05, 4.69) is 35.8 Å². The molecule has 0 saturated heterocycles. The second-order valence-corrected chi connectivity index (χ2v) is 7.67. The number of aryl methyl sites for hydroxylation is 1. The van der Waals surface area contributed by atoms with Crippen molar-refractivity contribution in [2.24, 2.45) is 7.05 Å². The molecule has 11 heteroatoms. The van der Waals surface area contributed by atoms with Gasteiger partial charge < -0.3 is 5.32 Å². The molecule has 1 aliphatic rings. The molecule has 32 heavy (non-hydrogen) atoms. The number of benzene rings is 2. The number of aromatic amines is 2. The second-order valence-electron chi connectivity index (χ2n) is 7.67. The molecule has 0 fully saturated rings. The smallest absolute Gasteiger partial charge is 0.274 e. The van der Waals surface area contributed by atoms with Crippen LogP contribution in [-0.2, 0) is 7.05 Å². The summed E-state index contributed by atoms with van der Waals surface area (Å²) in [5.41, 5.74) is 0.993. The SMILES string of the molecule is Cn1ncnc1[C@@H]1c2n[nH]c(=O)c3cc4cn[nH]c(=O)c4c(c23)N[C@H]1c1ccc(F)cc1. The molecule has 0 spiro atoms. The fourth-order valence-corrected chi connectivity index (χ4v) is 4.51. The van der Waals surface area contributed by atoms with Gasteiger partial charge in [-0.1, -0.05) is 12.1 Å². The van der Waals surface area contributed by atoms with Gasteiger partial charge in [0, 0.05) is 17.8 Å². The van der Waals surface area contributed by atoms with Crippen LogP contribution in [0.2, 0.25) is 0 Å². The summed E-state index contributed by atoms with van der Waals surface area (Å²) in [6.07, 6.45) is 2.93. The van der Waals surface area contributed by atoms with Crippen molar-refractivity contribution in [3.05, 3.63) is 86.5 Å². The van der Waals surface area contributed by atoms with Gasteiger partial charge in [-0.2, -0.15) is 15.3 Å². The number of hydrogen-bond donors (Lipinski definition) is 3. The van der Waals surface area contributed by atoms with Gasteiger partial charge in [-0.15, -0.1) is 0 Å². The zero-order chi connectivity index (χ0) is 22.0. The summed E-state index contributed by atoms with van der Waals surface area (Å²) in [4.78, 5) is 29.8. The van der Waals surface area contributed by atoms with Crippen molar-refractivity contribution >= 4 is 27.2 Å². The normalized spacial score (nSPS) is 17.6. The number of H-pyrrole nitrogens is 2. The average Bonchev–Trinajstić information content (AvgIpc) is 3.21. The highest BCUT2D eigenvalue weighted by molar-refractivity contribution is 6.12. The number of aromatic nitrogens is 7. The molecule has 0 bridgehead atoms. The van der Waals surface area contributed by atoms with Crippen molar-refractivity contribution in [1.82, 2.24) is 35.2 Å². The maximum Gasteiger partial charge on any atom is 0.274 e. The molecule has 158 valence electrons. The Kier molecular flexibility index (Phi) is 3.75. The van der Waals surface area contributed by atoms with Gasteiger partial charge in [-0.25, -0.2) is 19.6 Å². The lowest BCUT2D eigenvalue weighted by Gasteiger charge is -2.34. The minimum absolute atomic E-state index is 0.363. The van der Waals surface area contributed by atoms with Crippen molar-refractivity contribution in [3.63, 3.8) is 0 Å². The Bertz CT molecular complexity index is 1640.